The third-order valence-electron chi connectivity index (χ3n) is 2.89. The summed E-state index contributed by atoms with van der Waals surface area (Å²) in [6.45, 7) is 0.671. The number of nitrogens with two attached hydrogens (primary N) is 1. The van der Waals surface area contributed by atoms with Gasteiger partial charge in [-0.15, -0.1) is 11.8 Å². The zero-order chi connectivity index (χ0) is 11.1. The first-order valence-electron chi connectivity index (χ1n) is 5.09. The zero-order valence-corrected chi connectivity index (χ0v) is 9.33. The molecule has 0 aromatic heterocycles. The molecule has 82 valence electrons. The van der Waals surface area contributed by atoms with Crippen LogP contribution in [0.2, 0.25) is 0 Å². The van der Waals surface area contributed by atoms with Gasteiger partial charge in [-0.25, -0.2) is 0 Å². The van der Waals surface area contributed by atoms with Crippen molar-refractivity contribution in [3.8, 4) is 0 Å². The molecule has 0 saturated heterocycles. The summed E-state index contributed by atoms with van der Waals surface area (Å²) < 4.78 is 0. The highest BCUT2D eigenvalue weighted by molar-refractivity contribution is 8.00. The van der Waals surface area contributed by atoms with Crippen LogP contribution in [-0.4, -0.2) is 24.2 Å². The van der Waals surface area contributed by atoms with Crippen molar-refractivity contribution in [2.45, 2.75) is 16.2 Å². The van der Waals surface area contributed by atoms with Crippen LogP contribution < -0.4 is 11.1 Å². The van der Waals surface area contributed by atoms with Crippen LogP contribution in [0.15, 0.2) is 28.1 Å². The van der Waals surface area contributed by atoms with Crippen LogP contribution in [-0.2, 0) is 0 Å². The van der Waals surface area contributed by atoms with E-state index in [1.54, 1.807) is 17.8 Å². The van der Waals surface area contributed by atoms with E-state index in [0.29, 0.717) is 23.5 Å². The molecule has 0 saturated carbocycles. The maximum absolute atomic E-state index is 11.1. The average molecular weight is 233 g/mol. The van der Waals surface area contributed by atoms with Crippen molar-refractivity contribution < 1.29 is 4.79 Å². The minimum absolute atomic E-state index is 0.315. The minimum atomic E-state index is -0.375. The topological polar surface area (TPSA) is 67.5 Å². The van der Waals surface area contributed by atoms with Crippen LogP contribution in [0.5, 0.6) is 0 Å². The highest BCUT2D eigenvalue weighted by Gasteiger charge is 2.33. The number of thioether (sulfide) groups is 1. The molecule has 2 atom stereocenters. The van der Waals surface area contributed by atoms with Crippen molar-refractivity contribution in [2.75, 3.05) is 6.67 Å². The second-order valence-corrected chi connectivity index (χ2v) is 5.06. The van der Waals surface area contributed by atoms with Crippen molar-refractivity contribution >= 4 is 23.9 Å². The number of primary amides is 1. The maximum atomic E-state index is 11.1. The van der Waals surface area contributed by atoms with Gasteiger partial charge >= 0.3 is 0 Å². The molecule has 3 N–H and O–H groups in total. The Hall–Kier alpha value is -1.33. The van der Waals surface area contributed by atoms with E-state index in [-0.39, 0.29) is 5.91 Å². The number of rotatable bonds is 1. The number of aliphatic imine (C=N–C) groups is 1. The summed E-state index contributed by atoms with van der Waals surface area (Å²) in [5.74, 6) is -0.0597. The summed E-state index contributed by atoms with van der Waals surface area (Å²) in [7, 11) is 0. The molecule has 2 aliphatic rings. The lowest BCUT2D eigenvalue weighted by molar-refractivity contribution is 0.1000. The van der Waals surface area contributed by atoms with E-state index in [1.807, 2.05) is 18.3 Å². The van der Waals surface area contributed by atoms with Crippen LogP contribution in [0.1, 0.15) is 21.8 Å². The highest BCUT2D eigenvalue weighted by atomic mass is 32.2. The van der Waals surface area contributed by atoms with Crippen LogP contribution in [0.3, 0.4) is 0 Å². The van der Waals surface area contributed by atoms with Gasteiger partial charge < -0.3 is 5.73 Å². The van der Waals surface area contributed by atoms with Gasteiger partial charge in [0.1, 0.15) is 0 Å². The van der Waals surface area contributed by atoms with Crippen LogP contribution in [0.25, 0.3) is 0 Å². The van der Waals surface area contributed by atoms with Crippen molar-refractivity contribution in [3.63, 3.8) is 0 Å². The first-order chi connectivity index (χ1) is 7.75. The number of amides is 1. The van der Waals surface area contributed by atoms with Gasteiger partial charge in [0.15, 0.2) is 0 Å². The van der Waals surface area contributed by atoms with Crippen molar-refractivity contribution in [1.82, 2.24) is 5.32 Å². The summed E-state index contributed by atoms with van der Waals surface area (Å²) in [6.07, 6.45) is 1.99. The quantitative estimate of drug-likeness (QED) is 0.758. The molecule has 0 bridgehead atoms. The predicted octanol–water partition coefficient (Wildman–Crippen LogP) is 0.932. The Morgan fingerprint density at radius 3 is 3.25 bits per heavy atom. The van der Waals surface area contributed by atoms with Gasteiger partial charge in [0.2, 0.25) is 5.91 Å². The van der Waals surface area contributed by atoms with Crippen LogP contribution in [0.4, 0.5) is 0 Å². The fraction of sp³-hybridized carbons (Fsp3) is 0.273. The first-order valence-corrected chi connectivity index (χ1v) is 5.97. The summed E-state index contributed by atoms with van der Waals surface area (Å²) >= 11 is 1.74. The normalized spacial score (nSPS) is 26.2. The second kappa shape index (κ2) is 3.61. The van der Waals surface area contributed by atoms with E-state index in [0.717, 1.165) is 4.90 Å². The number of nitrogens with one attached hydrogen (secondary N) is 1. The number of hydrogen-bond donors (Lipinski definition) is 2. The van der Waals surface area contributed by atoms with Crippen molar-refractivity contribution in [2.24, 2.45) is 10.7 Å². The Balaban J connectivity index is 2.03. The van der Waals surface area contributed by atoms with Crippen molar-refractivity contribution in [1.29, 1.82) is 0 Å². The fourth-order valence-corrected chi connectivity index (χ4v) is 3.40. The lowest BCUT2D eigenvalue weighted by Gasteiger charge is -2.20. The average Bonchev–Trinajstić information content (AvgIpc) is 2.66. The second-order valence-electron chi connectivity index (χ2n) is 3.87. The molecule has 16 heavy (non-hydrogen) atoms. The van der Waals surface area contributed by atoms with Crippen molar-refractivity contribution in [3.05, 3.63) is 29.3 Å². The Labute approximate surface area is 97.3 Å². The molecule has 2 aliphatic heterocycles. The standard InChI is InChI=1S/C11H11N3OS/c12-10(15)6-1-2-7-8-4-13-5-14-11(8)16-9(7)3-6/h1-4,8,11,14H,5H2,(H2,12,15). The smallest absolute Gasteiger partial charge is 0.248 e. The van der Waals surface area contributed by atoms with Gasteiger partial charge in [-0.1, -0.05) is 6.07 Å². The number of nitrogens with zero attached hydrogens (tertiary/aromatic N) is 1. The third kappa shape index (κ3) is 1.44. The Kier molecular flexibility index (Phi) is 2.22. The molecular weight excluding hydrogens is 222 g/mol. The molecule has 0 spiro atoms. The van der Waals surface area contributed by atoms with E-state index in [1.165, 1.54) is 5.56 Å². The molecule has 1 amide bonds. The molecule has 3 rings (SSSR count). The van der Waals surface area contributed by atoms with E-state index in [4.69, 9.17) is 5.73 Å². The number of hydrogen-bond acceptors (Lipinski definition) is 4. The van der Waals surface area contributed by atoms with E-state index in [9.17, 15) is 4.79 Å². The largest absolute Gasteiger partial charge is 0.366 e. The zero-order valence-electron chi connectivity index (χ0n) is 8.51. The van der Waals surface area contributed by atoms with E-state index >= 15 is 0 Å². The molecule has 2 unspecified atom stereocenters. The molecule has 0 fully saturated rings. The number of fused-ring (bicyclic) bond motifs is 3. The molecule has 1 aromatic rings. The molecule has 1 aromatic carbocycles. The number of carbonyl (C=O) groups excluding carboxylic acids is 1. The van der Waals surface area contributed by atoms with Crippen LogP contribution in [0, 0.1) is 0 Å². The van der Waals surface area contributed by atoms with Gasteiger partial charge in [-0.2, -0.15) is 0 Å². The molecule has 2 heterocycles. The lowest BCUT2D eigenvalue weighted by Crippen LogP contribution is -2.33. The minimum Gasteiger partial charge on any atom is -0.366 e. The van der Waals surface area contributed by atoms with Gasteiger partial charge in [0.05, 0.1) is 12.0 Å². The molecule has 0 aliphatic carbocycles. The fourth-order valence-electron chi connectivity index (χ4n) is 2.07. The summed E-state index contributed by atoms with van der Waals surface area (Å²) in [6, 6.07) is 5.63. The van der Waals surface area contributed by atoms with Gasteiger partial charge in [0.25, 0.3) is 0 Å². The highest BCUT2D eigenvalue weighted by Crippen LogP contribution is 2.44. The SMILES string of the molecule is NC(=O)c1ccc2c(c1)SC1NCN=CC21. The molecule has 4 nitrogen and oxygen atoms in total. The monoisotopic (exact) mass is 233 g/mol. The number of carbonyl (C=O) groups is 1. The molecular formula is C11H11N3OS. The summed E-state index contributed by atoms with van der Waals surface area (Å²) in [5.41, 5.74) is 7.07. The lowest BCUT2D eigenvalue weighted by atomic mass is 9.98. The van der Waals surface area contributed by atoms with Gasteiger partial charge in [-0.05, 0) is 17.7 Å². The van der Waals surface area contributed by atoms with Gasteiger partial charge in [0, 0.05) is 22.6 Å². The summed E-state index contributed by atoms with van der Waals surface area (Å²) in [4.78, 5) is 16.5. The Morgan fingerprint density at radius 1 is 1.56 bits per heavy atom. The molecule has 0 radical (unpaired) electrons. The number of benzene rings is 1. The Morgan fingerprint density at radius 2 is 2.44 bits per heavy atom. The molecule has 5 heteroatoms. The van der Waals surface area contributed by atoms with E-state index in [2.05, 4.69) is 10.3 Å². The predicted molar refractivity (Wildman–Crippen MR) is 63.8 cm³/mol. The summed E-state index contributed by atoms with van der Waals surface area (Å²) in [5, 5.41) is 3.67. The maximum Gasteiger partial charge on any atom is 0.248 e. The van der Waals surface area contributed by atoms with E-state index < -0.39 is 0 Å². The van der Waals surface area contributed by atoms with Gasteiger partial charge in [-0.3, -0.25) is 15.1 Å². The van der Waals surface area contributed by atoms with Crippen LogP contribution >= 0.6 is 11.8 Å². The third-order valence-corrected chi connectivity index (χ3v) is 4.21. The first kappa shape index (κ1) is 9.86. The Bertz CT molecular complexity index is 486.